The zero-order valence-corrected chi connectivity index (χ0v) is 9.66. The number of ketones is 1. The van der Waals surface area contributed by atoms with E-state index in [4.69, 9.17) is 28.5 Å². The van der Waals surface area contributed by atoms with Gasteiger partial charge in [-0.15, -0.1) is 0 Å². The fourth-order valence-electron chi connectivity index (χ4n) is 0.954. The normalized spacial score (nSPS) is 9.67. The summed E-state index contributed by atoms with van der Waals surface area (Å²) < 4.78 is 0. The third kappa shape index (κ3) is 3.03. The lowest BCUT2D eigenvalue weighted by molar-refractivity contribution is 0.102. The Labute approximate surface area is 101 Å². The molecule has 0 aromatic heterocycles. The predicted molar refractivity (Wildman–Crippen MR) is 60.5 cm³/mol. The molecular weight excluding hydrogens is 257 g/mol. The fourth-order valence-corrected chi connectivity index (χ4v) is 1.80. The van der Waals surface area contributed by atoms with Gasteiger partial charge in [0.15, 0.2) is 5.78 Å². The Morgan fingerprint density at radius 3 is 2.80 bits per heavy atom. The van der Waals surface area contributed by atoms with Gasteiger partial charge < -0.3 is 5.11 Å². The summed E-state index contributed by atoms with van der Waals surface area (Å²) in [6.07, 6.45) is 0. The van der Waals surface area contributed by atoms with E-state index in [0.29, 0.717) is 0 Å². The van der Waals surface area contributed by atoms with Crippen molar-refractivity contribution in [1.29, 1.82) is 5.26 Å². The topological polar surface area (TPSA) is 61.1 Å². The zero-order valence-electron chi connectivity index (χ0n) is 7.33. The summed E-state index contributed by atoms with van der Waals surface area (Å²) in [5, 5.41) is 19.8. The molecule has 15 heavy (non-hydrogen) atoms. The quantitative estimate of drug-likeness (QED) is 0.671. The molecule has 1 rings (SSSR count). The molecule has 0 amide bonds. The Balaban J connectivity index is 3.04. The highest BCUT2D eigenvalue weighted by atomic mass is 35.5. The number of rotatable bonds is 3. The maximum atomic E-state index is 11.5. The zero-order chi connectivity index (χ0) is 11.4. The first kappa shape index (κ1) is 12.2. The molecule has 0 heterocycles. The summed E-state index contributed by atoms with van der Waals surface area (Å²) in [5.74, 6) is -0.728. The second-order valence-electron chi connectivity index (χ2n) is 2.59. The van der Waals surface area contributed by atoms with Gasteiger partial charge in [0.1, 0.15) is 11.2 Å². The van der Waals surface area contributed by atoms with E-state index in [1.165, 1.54) is 12.1 Å². The molecule has 0 unspecified atom stereocenters. The molecule has 0 saturated carbocycles. The van der Waals surface area contributed by atoms with Crippen molar-refractivity contribution in [1.82, 2.24) is 0 Å². The Bertz CT molecular complexity index is 442. The Kier molecular flexibility index (Phi) is 4.28. The van der Waals surface area contributed by atoms with Crippen LogP contribution in [0.4, 0.5) is 0 Å². The van der Waals surface area contributed by atoms with Gasteiger partial charge in [-0.05, 0) is 23.9 Å². The highest BCUT2D eigenvalue weighted by molar-refractivity contribution is 8.04. The van der Waals surface area contributed by atoms with Gasteiger partial charge in [-0.2, -0.15) is 5.26 Å². The van der Waals surface area contributed by atoms with Crippen molar-refractivity contribution < 1.29 is 9.90 Å². The number of nitriles is 1. The average Bonchev–Trinajstić information content (AvgIpc) is 2.19. The number of aromatic hydroxyl groups is 1. The molecule has 1 aromatic rings. The molecule has 0 aliphatic rings. The summed E-state index contributed by atoms with van der Waals surface area (Å²) in [6.45, 7) is 0. The third-order valence-corrected chi connectivity index (χ3v) is 2.64. The summed E-state index contributed by atoms with van der Waals surface area (Å²) in [7, 11) is 0. The molecule has 3 nitrogen and oxygen atoms in total. The van der Waals surface area contributed by atoms with Gasteiger partial charge in [-0.3, -0.25) is 4.79 Å². The largest absolute Gasteiger partial charge is 0.506 e. The van der Waals surface area contributed by atoms with Gasteiger partial charge in [0.2, 0.25) is 0 Å². The van der Waals surface area contributed by atoms with Gasteiger partial charge in [0.25, 0.3) is 0 Å². The average molecular weight is 262 g/mol. The van der Waals surface area contributed by atoms with Crippen molar-refractivity contribution >= 4 is 40.7 Å². The van der Waals surface area contributed by atoms with Crippen molar-refractivity contribution in [2.45, 2.75) is 0 Å². The first-order valence-electron chi connectivity index (χ1n) is 3.78. The highest BCUT2D eigenvalue weighted by Gasteiger charge is 2.15. The van der Waals surface area contributed by atoms with Crippen LogP contribution in [0.2, 0.25) is 10.0 Å². The number of halogens is 2. The summed E-state index contributed by atoms with van der Waals surface area (Å²) in [6, 6.07) is 2.66. The van der Waals surface area contributed by atoms with Gasteiger partial charge in [-0.1, -0.05) is 23.2 Å². The van der Waals surface area contributed by atoms with E-state index in [1.54, 1.807) is 5.40 Å². The van der Waals surface area contributed by atoms with Crippen LogP contribution in [0, 0.1) is 10.7 Å². The van der Waals surface area contributed by atoms with Gasteiger partial charge in [-0.25, -0.2) is 0 Å². The number of hydrogen-bond acceptors (Lipinski definition) is 4. The number of thioether (sulfide) groups is 1. The van der Waals surface area contributed by atoms with Gasteiger partial charge in [0.05, 0.1) is 16.3 Å². The van der Waals surface area contributed by atoms with Crippen LogP contribution < -0.4 is 0 Å². The van der Waals surface area contributed by atoms with Crippen molar-refractivity contribution in [3.63, 3.8) is 0 Å². The molecule has 0 spiro atoms. The fraction of sp³-hybridized carbons (Fsp3) is 0.111. The first-order chi connectivity index (χ1) is 7.06. The standard InChI is InChI=1S/C9H5Cl2NO2S/c10-5-1-6(8(13)3-15-4-12)9(14)7(11)2-5/h1-2,14H,3H2. The molecule has 0 aliphatic carbocycles. The van der Waals surface area contributed by atoms with Crippen LogP contribution in [-0.4, -0.2) is 16.6 Å². The van der Waals surface area contributed by atoms with Crippen LogP contribution >= 0.6 is 35.0 Å². The highest BCUT2D eigenvalue weighted by Crippen LogP contribution is 2.31. The molecule has 0 bridgehead atoms. The number of phenolic OH excluding ortho intramolecular Hbond substituents is 1. The molecule has 0 radical (unpaired) electrons. The van der Waals surface area contributed by atoms with E-state index in [2.05, 4.69) is 0 Å². The minimum Gasteiger partial charge on any atom is -0.506 e. The van der Waals surface area contributed by atoms with Crippen molar-refractivity contribution in [3.8, 4) is 11.2 Å². The molecule has 1 N–H and O–H groups in total. The minimum atomic E-state index is -0.386. The van der Waals surface area contributed by atoms with Crippen LogP contribution in [0.5, 0.6) is 5.75 Å². The predicted octanol–water partition coefficient (Wildman–Crippen LogP) is 3.10. The van der Waals surface area contributed by atoms with Crippen LogP contribution in [0.15, 0.2) is 12.1 Å². The van der Waals surface area contributed by atoms with E-state index in [0.717, 1.165) is 11.8 Å². The van der Waals surface area contributed by atoms with Crippen LogP contribution in [0.3, 0.4) is 0 Å². The Morgan fingerprint density at radius 1 is 1.53 bits per heavy atom. The van der Waals surface area contributed by atoms with E-state index in [9.17, 15) is 9.90 Å². The Morgan fingerprint density at radius 2 is 2.20 bits per heavy atom. The van der Waals surface area contributed by atoms with Crippen LogP contribution in [-0.2, 0) is 0 Å². The molecule has 0 atom stereocenters. The van der Waals surface area contributed by atoms with Gasteiger partial charge in [0, 0.05) is 5.02 Å². The smallest absolute Gasteiger partial charge is 0.177 e. The lowest BCUT2D eigenvalue weighted by atomic mass is 10.1. The summed E-state index contributed by atoms with van der Waals surface area (Å²) >= 11 is 12.1. The van der Waals surface area contributed by atoms with E-state index >= 15 is 0 Å². The van der Waals surface area contributed by atoms with Crippen molar-refractivity contribution in [2.75, 3.05) is 5.75 Å². The molecule has 0 fully saturated rings. The molecule has 78 valence electrons. The summed E-state index contributed by atoms with van der Waals surface area (Å²) in [5.41, 5.74) is 0.0373. The van der Waals surface area contributed by atoms with Crippen LogP contribution in [0.1, 0.15) is 10.4 Å². The monoisotopic (exact) mass is 261 g/mol. The van der Waals surface area contributed by atoms with Gasteiger partial charge >= 0.3 is 0 Å². The van der Waals surface area contributed by atoms with E-state index < -0.39 is 0 Å². The molecule has 6 heteroatoms. The number of Topliss-reactive ketones (excluding diaryl/α,β-unsaturated/α-hetero) is 1. The lowest BCUT2D eigenvalue weighted by Gasteiger charge is -2.04. The van der Waals surface area contributed by atoms with Crippen LogP contribution in [0.25, 0.3) is 0 Å². The number of carbonyl (C=O) groups excluding carboxylic acids is 1. The molecule has 0 saturated heterocycles. The second kappa shape index (κ2) is 5.26. The number of benzene rings is 1. The first-order valence-corrected chi connectivity index (χ1v) is 5.52. The SMILES string of the molecule is N#CSCC(=O)c1cc(Cl)cc(Cl)c1O. The van der Waals surface area contributed by atoms with Crippen molar-refractivity contribution in [2.24, 2.45) is 0 Å². The molecule has 0 aliphatic heterocycles. The second-order valence-corrected chi connectivity index (χ2v) is 4.19. The van der Waals surface area contributed by atoms with E-state index in [-0.39, 0.29) is 32.9 Å². The Hall–Kier alpha value is -0.890. The maximum absolute atomic E-state index is 11.5. The number of hydrogen-bond donors (Lipinski definition) is 1. The van der Waals surface area contributed by atoms with E-state index in [1.807, 2.05) is 0 Å². The molecule has 1 aromatic carbocycles. The number of nitrogens with zero attached hydrogens (tertiary/aromatic N) is 1. The number of carbonyl (C=O) groups is 1. The summed E-state index contributed by atoms with van der Waals surface area (Å²) in [4.78, 5) is 11.5. The number of thiocyanates is 1. The third-order valence-electron chi connectivity index (χ3n) is 1.60. The molecular formula is C9H5Cl2NO2S. The maximum Gasteiger partial charge on any atom is 0.177 e. The van der Waals surface area contributed by atoms with Crippen molar-refractivity contribution in [3.05, 3.63) is 27.7 Å². The lowest BCUT2D eigenvalue weighted by Crippen LogP contribution is -2.02. The minimum absolute atomic E-state index is 0.0211. The number of phenols is 1.